The Hall–Kier alpha value is -1.16. The van der Waals surface area contributed by atoms with Gasteiger partial charge in [0.1, 0.15) is 5.82 Å². The van der Waals surface area contributed by atoms with Gasteiger partial charge < -0.3 is 5.11 Å². The standard InChI is InChI=1S/C8H7ClFNO2/c1-4(8(12)13)7-6(10)2-5(9)3-11-7/h2-4H,1H3,(H,12,13). The van der Waals surface area contributed by atoms with Crippen LogP contribution >= 0.6 is 11.6 Å². The highest BCUT2D eigenvalue weighted by Crippen LogP contribution is 2.19. The first-order valence-electron chi connectivity index (χ1n) is 3.56. The van der Waals surface area contributed by atoms with E-state index in [4.69, 9.17) is 16.7 Å². The first kappa shape index (κ1) is 9.92. The van der Waals surface area contributed by atoms with Gasteiger partial charge in [0.05, 0.1) is 16.6 Å². The van der Waals surface area contributed by atoms with Crippen molar-refractivity contribution >= 4 is 17.6 Å². The Bertz CT molecular complexity index is 343. The zero-order valence-corrected chi connectivity index (χ0v) is 7.55. The van der Waals surface area contributed by atoms with E-state index in [0.717, 1.165) is 6.07 Å². The summed E-state index contributed by atoms with van der Waals surface area (Å²) < 4.78 is 13.1. The zero-order chi connectivity index (χ0) is 10.0. The Morgan fingerprint density at radius 3 is 2.85 bits per heavy atom. The molecule has 0 aliphatic rings. The van der Waals surface area contributed by atoms with Gasteiger partial charge in [0.2, 0.25) is 0 Å². The van der Waals surface area contributed by atoms with Crippen molar-refractivity contribution in [1.82, 2.24) is 4.98 Å². The van der Waals surface area contributed by atoms with Crippen LogP contribution in [0.3, 0.4) is 0 Å². The quantitative estimate of drug-likeness (QED) is 0.801. The lowest BCUT2D eigenvalue weighted by atomic mass is 10.1. The van der Waals surface area contributed by atoms with Gasteiger partial charge in [0, 0.05) is 6.20 Å². The van der Waals surface area contributed by atoms with Crippen molar-refractivity contribution < 1.29 is 14.3 Å². The van der Waals surface area contributed by atoms with Crippen molar-refractivity contribution in [1.29, 1.82) is 0 Å². The molecule has 1 aromatic heterocycles. The molecule has 0 spiro atoms. The van der Waals surface area contributed by atoms with Crippen LogP contribution in [0.4, 0.5) is 4.39 Å². The number of aliphatic carboxylic acids is 1. The second-order valence-electron chi connectivity index (χ2n) is 2.58. The van der Waals surface area contributed by atoms with Gasteiger partial charge in [-0.25, -0.2) is 4.39 Å². The van der Waals surface area contributed by atoms with Gasteiger partial charge >= 0.3 is 5.97 Å². The van der Waals surface area contributed by atoms with Gasteiger partial charge in [-0.1, -0.05) is 11.6 Å². The third kappa shape index (κ3) is 2.15. The number of hydrogen-bond donors (Lipinski definition) is 1. The Labute approximate surface area is 79.2 Å². The zero-order valence-electron chi connectivity index (χ0n) is 6.79. The number of hydrogen-bond acceptors (Lipinski definition) is 2. The molecule has 0 saturated carbocycles. The van der Waals surface area contributed by atoms with Gasteiger partial charge in [-0.3, -0.25) is 9.78 Å². The minimum atomic E-state index is -1.12. The Morgan fingerprint density at radius 2 is 2.38 bits per heavy atom. The minimum absolute atomic E-state index is 0.100. The van der Waals surface area contributed by atoms with E-state index >= 15 is 0 Å². The summed E-state index contributed by atoms with van der Waals surface area (Å²) in [6, 6.07) is 1.04. The van der Waals surface area contributed by atoms with E-state index in [1.807, 2.05) is 0 Å². The normalized spacial score (nSPS) is 12.5. The Kier molecular flexibility index (Phi) is 2.83. The second-order valence-corrected chi connectivity index (χ2v) is 3.02. The number of halogens is 2. The molecule has 1 heterocycles. The minimum Gasteiger partial charge on any atom is -0.481 e. The average molecular weight is 204 g/mol. The fourth-order valence-electron chi connectivity index (χ4n) is 0.861. The van der Waals surface area contributed by atoms with E-state index in [2.05, 4.69) is 4.98 Å². The van der Waals surface area contributed by atoms with Crippen LogP contribution in [0, 0.1) is 5.82 Å². The summed E-state index contributed by atoms with van der Waals surface area (Å²) in [6.45, 7) is 1.36. The maximum Gasteiger partial charge on any atom is 0.312 e. The number of carbonyl (C=O) groups is 1. The van der Waals surface area contributed by atoms with Crippen molar-refractivity contribution in [3.63, 3.8) is 0 Å². The molecule has 1 aromatic rings. The van der Waals surface area contributed by atoms with Crippen molar-refractivity contribution in [2.45, 2.75) is 12.8 Å². The summed E-state index contributed by atoms with van der Waals surface area (Å²) >= 11 is 5.45. The number of carboxylic acid groups (broad SMARTS) is 1. The lowest BCUT2D eigenvalue weighted by Crippen LogP contribution is -2.11. The van der Waals surface area contributed by atoms with E-state index in [-0.39, 0.29) is 10.7 Å². The average Bonchev–Trinajstić information content (AvgIpc) is 2.03. The smallest absolute Gasteiger partial charge is 0.312 e. The molecule has 0 radical (unpaired) electrons. The van der Waals surface area contributed by atoms with Gasteiger partial charge in [-0.2, -0.15) is 0 Å². The molecule has 1 N–H and O–H groups in total. The molecule has 5 heteroatoms. The molecule has 13 heavy (non-hydrogen) atoms. The lowest BCUT2D eigenvalue weighted by molar-refractivity contribution is -0.138. The molecule has 0 bridgehead atoms. The van der Waals surface area contributed by atoms with E-state index in [9.17, 15) is 9.18 Å². The largest absolute Gasteiger partial charge is 0.481 e. The molecule has 0 fully saturated rings. The van der Waals surface area contributed by atoms with Gasteiger partial charge in [-0.15, -0.1) is 0 Å². The number of aromatic nitrogens is 1. The molecular formula is C8H7ClFNO2. The molecule has 1 unspecified atom stereocenters. The maximum absolute atomic E-state index is 13.1. The van der Waals surface area contributed by atoms with Gasteiger partial charge in [-0.05, 0) is 13.0 Å². The van der Waals surface area contributed by atoms with Gasteiger partial charge in [0.15, 0.2) is 0 Å². The lowest BCUT2D eigenvalue weighted by Gasteiger charge is -2.05. The molecule has 0 saturated heterocycles. The fourth-order valence-corrected chi connectivity index (χ4v) is 1.01. The van der Waals surface area contributed by atoms with Crippen LogP contribution in [0.15, 0.2) is 12.3 Å². The summed E-state index contributed by atoms with van der Waals surface area (Å²) in [5.41, 5.74) is -0.100. The highest BCUT2D eigenvalue weighted by molar-refractivity contribution is 6.30. The maximum atomic E-state index is 13.1. The molecule has 0 aromatic carbocycles. The summed E-state index contributed by atoms with van der Waals surface area (Å²) in [5.74, 6) is -2.77. The fraction of sp³-hybridized carbons (Fsp3) is 0.250. The SMILES string of the molecule is CC(C(=O)O)c1ncc(Cl)cc1F. The van der Waals surface area contributed by atoms with Crippen molar-refractivity contribution in [3.8, 4) is 0 Å². The predicted octanol–water partition coefficient (Wildman–Crippen LogP) is 2.06. The second kappa shape index (κ2) is 3.70. The summed E-state index contributed by atoms with van der Waals surface area (Å²) in [5, 5.41) is 8.74. The third-order valence-corrected chi connectivity index (χ3v) is 1.82. The summed E-state index contributed by atoms with van der Waals surface area (Å²) in [7, 11) is 0. The topological polar surface area (TPSA) is 50.2 Å². The molecule has 1 atom stereocenters. The number of nitrogens with zero attached hydrogens (tertiary/aromatic N) is 1. The highest BCUT2D eigenvalue weighted by atomic mass is 35.5. The van der Waals surface area contributed by atoms with Crippen LogP contribution in [-0.2, 0) is 4.79 Å². The first-order valence-corrected chi connectivity index (χ1v) is 3.94. The molecule has 0 aliphatic heterocycles. The molecule has 1 rings (SSSR count). The van der Waals surface area contributed by atoms with Crippen molar-refractivity contribution in [2.75, 3.05) is 0 Å². The molecule has 70 valence electrons. The van der Waals surface area contributed by atoms with Crippen LogP contribution in [-0.4, -0.2) is 16.1 Å². The van der Waals surface area contributed by atoms with Gasteiger partial charge in [0.25, 0.3) is 0 Å². The number of rotatable bonds is 2. The van der Waals surface area contributed by atoms with E-state index < -0.39 is 17.7 Å². The molecule has 3 nitrogen and oxygen atoms in total. The Balaban J connectivity index is 3.08. The summed E-state index contributed by atoms with van der Waals surface area (Å²) in [4.78, 5) is 14.1. The van der Waals surface area contributed by atoms with Crippen LogP contribution < -0.4 is 0 Å². The van der Waals surface area contributed by atoms with Crippen molar-refractivity contribution in [3.05, 3.63) is 28.8 Å². The van der Waals surface area contributed by atoms with E-state index in [1.165, 1.54) is 13.1 Å². The Morgan fingerprint density at radius 1 is 1.77 bits per heavy atom. The van der Waals surface area contributed by atoms with E-state index in [0.29, 0.717) is 0 Å². The van der Waals surface area contributed by atoms with Crippen LogP contribution in [0.5, 0.6) is 0 Å². The van der Waals surface area contributed by atoms with Crippen molar-refractivity contribution in [2.24, 2.45) is 0 Å². The number of pyridine rings is 1. The third-order valence-electron chi connectivity index (χ3n) is 1.62. The monoisotopic (exact) mass is 203 g/mol. The first-order chi connectivity index (χ1) is 6.02. The molecular weight excluding hydrogens is 197 g/mol. The predicted molar refractivity (Wildman–Crippen MR) is 45.3 cm³/mol. The van der Waals surface area contributed by atoms with Crippen LogP contribution in [0.1, 0.15) is 18.5 Å². The van der Waals surface area contributed by atoms with Crippen LogP contribution in [0.2, 0.25) is 5.02 Å². The number of carboxylic acids is 1. The highest BCUT2D eigenvalue weighted by Gasteiger charge is 2.19. The molecule has 0 amide bonds. The molecule has 0 aliphatic carbocycles. The van der Waals surface area contributed by atoms with Crippen LogP contribution in [0.25, 0.3) is 0 Å². The van der Waals surface area contributed by atoms with E-state index in [1.54, 1.807) is 0 Å². The summed E-state index contributed by atoms with van der Waals surface area (Å²) in [6.07, 6.45) is 1.22.